The summed E-state index contributed by atoms with van der Waals surface area (Å²) in [6.07, 6.45) is 5.51. The first-order valence-corrected chi connectivity index (χ1v) is 9.65. The molecule has 2 aliphatic rings. The summed E-state index contributed by atoms with van der Waals surface area (Å²) in [5.74, 6) is 1.86. The second-order valence-electron chi connectivity index (χ2n) is 9.04. The van der Waals surface area contributed by atoms with Gasteiger partial charge in [0.15, 0.2) is 0 Å². The lowest BCUT2D eigenvalue weighted by Crippen LogP contribution is -2.38. The molecule has 5 nitrogen and oxygen atoms in total. The van der Waals surface area contributed by atoms with Gasteiger partial charge in [0.1, 0.15) is 0 Å². The van der Waals surface area contributed by atoms with Crippen molar-refractivity contribution in [1.82, 2.24) is 9.89 Å². The fraction of sp³-hybridized carbons (Fsp3) is 0.571. The summed E-state index contributed by atoms with van der Waals surface area (Å²) in [7, 11) is 0. The average molecular weight is 353 g/mol. The van der Waals surface area contributed by atoms with E-state index in [1.54, 1.807) is 6.07 Å². The Hall–Kier alpha value is -2.17. The highest BCUT2D eigenvalue weighted by atomic mass is 16.2. The van der Waals surface area contributed by atoms with Gasteiger partial charge in [-0.1, -0.05) is 45.4 Å². The topological polar surface area (TPSA) is 64.0 Å². The molecule has 2 aromatic rings. The van der Waals surface area contributed by atoms with Crippen LogP contribution >= 0.6 is 0 Å². The van der Waals surface area contributed by atoms with E-state index in [1.165, 1.54) is 19.3 Å². The highest BCUT2D eigenvalue weighted by molar-refractivity contribution is 5.86. The largest absolute Gasteiger partial charge is 0.294 e. The quantitative estimate of drug-likeness (QED) is 0.917. The first-order chi connectivity index (χ1) is 12.3. The third kappa shape index (κ3) is 3.04. The minimum absolute atomic E-state index is 0.104. The van der Waals surface area contributed by atoms with Crippen LogP contribution in [-0.4, -0.2) is 15.8 Å². The Kier molecular flexibility index (Phi) is 4.13. The number of nitrogens with one attached hydrogen (secondary N) is 1. The first kappa shape index (κ1) is 17.3. The van der Waals surface area contributed by atoms with Crippen LogP contribution in [0.2, 0.25) is 0 Å². The van der Waals surface area contributed by atoms with E-state index in [9.17, 15) is 9.59 Å². The van der Waals surface area contributed by atoms with Crippen molar-refractivity contribution >= 4 is 16.7 Å². The third-order valence-electron chi connectivity index (χ3n) is 6.08. The summed E-state index contributed by atoms with van der Waals surface area (Å²) in [4.78, 5) is 26.5. The summed E-state index contributed by atoms with van der Waals surface area (Å²) in [5.41, 5.74) is 3.07. The molecule has 0 radical (unpaired) electrons. The van der Waals surface area contributed by atoms with Gasteiger partial charge in [0.05, 0.1) is 11.1 Å². The van der Waals surface area contributed by atoms with Gasteiger partial charge in [-0.25, -0.2) is 5.43 Å². The molecule has 2 saturated carbocycles. The maximum atomic E-state index is 12.8. The van der Waals surface area contributed by atoms with Crippen molar-refractivity contribution in [3.63, 3.8) is 0 Å². The van der Waals surface area contributed by atoms with Crippen molar-refractivity contribution in [3.05, 3.63) is 40.3 Å². The number of carbonyl (C=O) groups is 1. The third-order valence-corrected chi connectivity index (χ3v) is 6.08. The molecule has 1 aromatic heterocycles. The molecule has 26 heavy (non-hydrogen) atoms. The molecule has 5 heteroatoms. The second-order valence-corrected chi connectivity index (χ2v) is 9.04. The smallest absolute Gasteiger partial charge is 0.273 e. The van der Waals surface area contributed by atoms with E-state index in [1.807, 2.05) is 18.2 Å². The highest BCUT2D eigenvalue weighted by Crippen LogP contribution is 2.49. The lowest BCUT2D eigenvalue weighted by molar-refractivity contribution is -0.118. The molecule has 138 valence electrons. The standard InChI is InChI=1S/C21H27N3O2/c1-21(2,3)19-16-6-4-5-7-17(16)20(26)24(23-19)22-18(25)12-15-11-13-8-9-14(15)10-13/h4-7,13-15H,8-12H2,1-3H3,(H,22,25). The highest BCUT2D eigenvalue weighted by Gasteiger charge is 2.40. The summed E-state index contributed by atoms with van der Waals surface area (Å²) >= 11 is 0. The summed E-state index contributed by atoms with van der Waals surface area (Å²) in [6, 6.07) is 7.48. The fourth-order valence-corrected chi connectivity index (χ4v) is 4.85. The molecule has 0 aliphatic heterocycles. The first-order valence-electron chi connectivity index (χ1n) is 9.65. The predicted molar refractivity (Wildman–Crippen MR) is 103 cm³/mol. The number of benzene rings is 1. The van der Waals surface area contributed by atoms with Crippen molar-refractivity contribution in [2.24, 2.45) is 17.8 Å². The van der Waals surface area contributed by atoms with Crippen molar-refractivity contribution in [2.75, 3.05) is 5.43 Å². The zero-order chi connectivity index (χ0) is 18.5. The van der Waals surface area contributed by atoms with Gasteiger partial charge in [-0.15, -0.1) is 4.79 Å². The molecule has 1 N–H and O–H groups in total. The van der Waals surface area contributed by atoms with E-state index in [4.69, 9.17) is 0 Å². The number of nitrogens with zero attached hydrogens (tertiary/aromatic N) is 2. The van der Waals surface area contributed by atoms with Crippen LogP contribution in [0, 0.1) is 17.8 Å². The van der Waals surface area contributed by atoms with Crippen LogP contribution in [0.25, 0.3) is 10.8 Å². The Balaban J connectivity index is 1.63. The zero-order valence-corrected chi connectivity index (χ0v) is 15.8. The number of rotatable bonds is 3. The van der Waals surface area contributed by atoms with Crippen LogP contribution in [0.5, 0.6) is 0 Å². The Morgan fingerprint density at radius 2 is 1.92 bits per heavy atom. The Labute approximate surface area is 153 Å². The maximum Gasteiger partial charge on any atom is 0.294 e. The van der Waals surface area contributed by atoms with Gasteiger partial charge in [0.25, 0.3) is 5.56 Å². The van der Waals surface area contributed by atoms with Crippen molar-refractivity contribution in [2.45, 2.75) is 58.3 Å². The lowest BCUT2D eigenvalue weighted by Gasteiger charge is -2.23. The molecule has 1 amide bonds. The molecule has 2 fully saturated rings. The van der Waals surface area contributed by atoms with E-state index in [0.29, 0.717) is 23.6 Å². The summed E-state index contributed by atoms with van der Waals surface area (Å²) in [5, 5.41) is 5.95. The van der Waals surface area contributed by atoms with Gasteiger partial charge >= 0.3 is 0 Å². The molecule has 2 bridgehead atoms. The van der Waals surface area contributed by atoms with Gasteiger partial charge in [-0.2, -0.15) is 5.10 Å². The maximum absolute atomic E-state index is 12.8. The van der Waals surface area contributed by atoms with Crippen LogP contribution in [0.4, 0.5) is 0 Å². The van der Waals surface area contributed by atoms with Gasteiger partial charge in [-0.3, -0.25) is 9.59 Å². The van der Waals surface area contributed by atoms with E-state index < -0.39 is 0 Å². The SMILES string of the molecule is CC(C)(C)c1nn(NC(=O)CC2CC3CCC2C3)c(=O)c2ccccc12. The normalized spacial score (nSPS) is 25.0. The molecule has 3 atom stereocenters. The second kappa shape index (κ2) is 6.22. The van der Waals surface area contributed by atoms with Crippen LogP contribution < -0.4 is 11.0 Å². The van der Waals surface area contributed by atoms with E-state index in [0.717, 1.165) is 28.2 Å². The molecule has 4 rings (SSSR count). The van der Waals surface area contributed by atoms with Gasteiger partial charge < -0.3 is 0 Å². The molecular formula is C21H27N3O2. The van der Waals surface area contributed by atoms with Crippen molar-refractivity contribution in [3.8, 4) is 0 Å². The van der Waals surface area contributed by atoms with E-state index in [-0.39, 0.29) is 16.9 Å². The zero-order valence-electron chi connectivity index (χ0n) is 15.8. The Morgan fingerprint density at radius 1 is 1.19 bits per heavy atom. The van der Waals surface area contributed by atoms with E-state index in [2.05, 4.69) is 31.3 Å². The number of hydrogen-bond acceptors (Lipinski definition) is 3. The number of carbonyl (C=O) groups excluding carboxylic acids is 1. The number of amides is 1. The molecule has 1 heterocycles. The molecule has 0 spiro atoms. The molecule has 0 saturated heterocycles. The average Bonchev–Trinajstić information content (AvgIpc) is 3.19. The van der Waals surface area contributed by atoms with Crippen LogP contribution in [0.15, 0.2) is 29.1 Å². The lowest BCUT2D eigenvalue weighted by atomic mass is 9.86. The fourth-order valence-electron chi connectivity index (χ4n) is 4.85. The Morgan fingerprint density at radius 3 is 2.54 bits per heavy atom. The molecule has 2 aliphatic carbocycles. The number of aromatic nitrogens is 2. The summed E-state index contributed by atoms with van der Waals surface area (Å²) in [6.45, 7) is 6.19. The van der Waals surface area contributed by atoms with E-state index >= 15 is 0 Å². The van der Waals surface area contributed by atoms with Gasteiger partial charge in [0, 0.05) is 17.2 Å². The minimum atomic E-state index is -0.269. The predicted octanol–water partition coefficient (Wildman–Crippen LogP) is 3.59. The van der Waals surface area contributed by atoms with Crippen molar-refractivity contribution in [1.29, 1.82) is 0 Å². The van der Waals surface area contributed by atoms with Crippen molar-refractivity contribution < 1.29 is 4.79 Å². The molecular weight excluding hydrogens is 326 g/mol. The minimum Gasteiger partial charge on any atom is -0.273 e. The molecule has 3 unspecified atom stereocenters. The Bertz CT molecular complexity index is 910. The monoisotopic (exact) mass is 353 g/mol. The number of hydrogen-bond donors (Lipinski definition) is 1. The number of fused-ring (bicyclic) bond motifs is 3. The van der Waals surface area contributed by atoms with Crippen LogP contribution in [-0.2, 0) is 10.2 Å². The van der Waals surface area contributed by atoms with Gasteiger partial charge in [-0.05, 0) is 43.1 Å². The van der Waals surface area contributed by atoms with Gasteiger partial charge in [0.2, 0.25) is 5.91 Å². The molecule has 1 aromatic carbocycles. The van der Waals surface area contributed by atoms with Crippen LogP contribution in [0.1, 0.15) is 58.6 Å². The van der Waals surface area contributed by atoms with Crippen LogP contribution in [0.3, 0.4) is 0 Å². The summed E-state index contributed by atoms with van der Waals surface area (Å²) < 4.78 is 0.